The lowest BCUT2D eigenvalue weighted by atomic mass is 9.76. The third-order valence-electron chi connectivity index (χ3n) is 3.88. The summed E-state index contributed by atoms with van der Waals surface area (Å²) in [6.07, 6.45) is 7.80. The quantitative estimate of drug-likeness (QED) is 0.808. The molecule has 1 aromatic rings. The fraction of sp³-hybridized carbons (Fsp3) is 0.750. The van der Waals surface area contributed by atoms with Gasteiger partial charge in [-0.25, -0.2) is 0 Å². The number of aryl methyl sites for hydroxylation is 1. The maximum atomic E-state index is 6.34. The van der Waals surface area contributed by atoms with Gasteiger partial charge in [0.05, 0.1) is 6.20 Å². The van der Waals surface area contributed by atoms with Crippen LogP contribution in [0.15, 0.2) is 12.4 Å². The van der Waals surface area contributed by atoms with E-state index >= 15 is 0 Å². The molecule has 3 nitrogen and oxygen atoms in total. The molecule has 15 heavy (non-hydrogen) atoms. The first-order valence-electron chi connectivity index (χ1n) is 5.75. The SMILES string of the molecule is Cn1cc(C(N)C2CCCC2(C)C)cn1. The van der Waals surface area contributed by atoms with Crippen LogP contribution in [0.4, 0.5) is 0 Å². The molecular formula is C12H21N3. The van der Waals surface area contributed by atoms with E-state index in [-0.39, 0.29) is 6.04 Å². The molecule has 3 heteroatoms. The molecule has 0 radical (unpaired) electrons. The maximum Gasteiger partial charge on any atom is 0.0537 e. The zero-order valence-electron chi connectivity index (χ0n) is 9.90. The zero-order valence-corrected chi connectivity index (χ0v) is 9.90. The van der Waals surface area contributed by atoms with Gasteiger partial charge < -0.3 is 5.73 Å². The molecule has 0 spiro atoms. The molecule has 2 atom stereocenters. The second-order valence-corrected chi connectivity index (χ2v) is 5.46. The van der Waals surface area contributed by atoms with E-state index in [0.717, 1.165) is 0 Å². The van der Waals surface area contributed by atoms with Gasteiger partial charge in [-0.15, -0.1) is 0 Å². The number of nitrogens with zero attached hydrogens (tertiary/aromatic N) is 2. The molecule has 0 bridgehead atoms. The molecular weight excluding hydrogens is 186 g/mol. The average Bonchev–Trinajstić information content (AvgIpc) is 2.70. The molecule has 84 valence electrons. The molecule has 2 rings (SSSR count). The van der Waals surface area contributed by atoms with Gasteiger partial charge in [0.2, 0.25) is 0 Å². The fourth-order valence-electron chi connectivity index (χ4n) is 2.86. The fourth-order valence-corrected chi connectivity index (χ4v) is 2.86. The topological polar surface area (TPSA) is 43.8 Å². The highest BCUT2D eigenvalue weighted by Crippen LogP contribution is 2.47. The van der Waals surface area contributed by atoms with Crippen molar-refractivity contribution in [3.8, 4) is 0 Å². The van der Waals surface area contributed by atoms with E-state index in [2.05, 4.69) is 18.9 Å². The van der Waals surface area contributed by atoms with Crippen molar-refractivity contribution < 1.29 is 0 Å². The van der Waals surface area contributed by atoms with Crippen molar-refractivity contribution >= 4 is 0 Å². The molecule has 1 aliphatic carbocycles. The molecule has 2 unspecified atom stereocenters. The van der Waals surface area contributed by atoms with E-state index in [9.17, 15) is 0 Å². The van der Waals surface area contributed by atoms with Crippen LogP contribution in [0.3, 0.4) is 0 Å². The summed E-state index contributed by atoms with van der Waals surface area (Å²) in [5.41, 5.74) is 7.90. The van der Waals surface area contributed by atoms with Crippen LogP contribution in [0.5, 0.6) is 0 Å². The van der Waals surface area contributed by atoms with Crippen molar-refractivity contribution in [2.24, 2.45) is 24.1 Å². The molecule has 2 N–H and O–H groups in total. The lowest BCUT2D eigenvalue weighted by Crippen LogP contribution is -2.29. The van der Waals surface area contributed by atoms with Crippen LogP contribution in [-0.2, 0) is 7.05 Å². The highest BCUT2D eigenvalue weighted by Gasteiger charge is 2.38. The largest absolute Gasteiger partial charge is 0.324 e. The Kier molecular flexibility index (Phi) is 2.59. The molecule has 1 heterocycles. The minimum absolute atomic E-state index is 0.149. The van der Waals surface area contributed by atoms with Crippen LogP contribution < -0.4 is 5.73 Å². The Balaban J connectivity index is 2.17. The van der Waals surface area contributed by atoms with Gasteiger partial charge in [0.15, 0.2) is 0 Å². The standard InChI is InChI=1S/C12H21N3/c1-12(2)6-4-5-10(12)11(13)9-7-14-15(3)8-9/h7-8,10-11H,4-6,13H2,1-3H3. The number of nitrogens with two attached hydrogens (primary N) is 1. The summed E-state index contributed by atoms with van der Waals surface area (Å²) in [5, 5.41) is 4.19. The minimum atomic E-state index is 0.149. The molecule has 0 aromatic carbocycles. The van der Waals surface area contributed by atoms with Crippen molar-refractivity contribution in [3.63, 3.8) is 0 Å². The molecule has 1 saturated carbocycles. The maximum absolute atomic E-state index is 6.34. The van der Waals surface area contributed by atoms with Crippen LogP contribution in [0.2, 0.25) is 0 Å². The van der Waals surface area contributed by atoms with E-state index in [0.29, 0.717) is 11.3 Å². The van der Waals surface area contributed by atoms with Gasteiger partial charge in [-0.05, 0) is 24.2 Å². The van der Waals surface area contributed by atoms with Crippen LogP contribution in [0.25, 0.3) is 0 Å². The smallest absolute Gasteiger partial charge is 0.0537 e. The third kappa shape index (κ3) is 1.93. The molecule has 0 aliphatic heterocycles. The lowest BCUT2D eigenvalue weighted by molar-refractivity contribution is 0.222. The van der Waals surface area contributed by atoms with Crippen LogP contribution in [0.1, 0.15) is 44.7 Å². The van der Waals surface area contributed by atoms with Crippen molar-refractivity contribution in [1.29, 1.82) is 0 Å². The highest BCUT2D eigenvalue weighted by atomic mass is 15.2. The summed E-state index contributed by atoms with van der Waals surface area (Å²) in [5.74, 6) is 0.599. The van der Waals surface area contributed by atoms with Crippen LogP contribution in [-0.4, -0.2) is 9.78 Å². The van der Waals surface area contributed by atoms with Crippen LogP contribution >= 0.6 is 0 Å². The van der Waals surface area contributed by atoms with E-state index in [1.165, 1.54) is 24.8 Å². The first-order valence-corrected chi connectivity index (χ1v) is 5.75. The third-order valence-corrected chi connectivity index (χ3v) is 3.88. The van der Waals surface area contributed by atoms with E-state index < -0.39 is 0 Å². The van der Waals surface area contributed by atoms with Crippen molar-refractivity contribution in [2.45, 2.75) is 39.2 Å². The molecule has 1 aliphatic rings. The summed E-state index contributed by atoms with van der Waals surface area (Å²) in [6.45, 7) is 4.67. The Labute approximate surface area is 91.7 Å². The number of hydrogen-bond donors (Lipinski definition) is 1. The van der Waals surface area contributed by atoms with Gasteiger partial charge >= 0.3 is 0 Å². The first kappa shape index (κ1) is 10.7. The first-order chi connectivity index (χ1) is 7.00. The van der Waals surface area contributed by atoms with Gasteiger partial charge in [-0.1, -0.05) is 20.3 Å². The summed E-state index contributed by atoms with van der Waals surface area (Å²) >= 11 is 0. The number of aromatic nitrogens is 2. The summed E-state index contributed by atoms with van der Waals surface area (Å²) in [4.78, 5) is 0. The van der Waals surface area contributed by atoms with Gasteiger partial charge in [0, 0.05) is 24.8 Å². The van der Waals surface area contributed by atoms with Crippen molar-refractivity contribution in [2.75, 3.05) is 0 Å². The monoisotopic (exact) mass is 207 g/mol. The Hall–Kier alpha value is -0.830. The Morgan fingerprint density at radius 1 is 1.60 bits per heavy atom. The average molecular weight is 207 g/mol. The Bertz CT molecular complexity index is 340. The van der Waals surface area contributed by atoms with E-state index in [1.807, 2.05) is 24.1 Å². The summed E-state index contributed by atoms with van der Waals surface area (Å²) < 4.78 is 1.83. The second kappa shape index (κ2) is 3.63. The van der Waals surface area contributed by atoms with Crippen LogP contribution in [0, 0.1) is 11.3 Å². The molecule has 1 fully saturated rings. The highest BCUT2D eigenvalue weighted by molar-refractivity contribution is 5.13. The Morgan fingerprint density at radius 3 is 2.80 bits per heavy atom. The minimum Gasteiger partial charge on any atom is -0.324 e. The second-order valence-electron chi connectivity index (χ2n) is 5.46. The van der Waals surface area contributed by atoms with Crippen molar-refractivity contribution in [3.05, 3.63) is 18.0 Å². The predicted molar refractivity (Wildman–Crippen MR) is 61.3 cm³/mol. The normalized spacial score (nSPS) is 26.8. The van der Waals surface area contributed by atoms with Gasteiger partial charge in [0.25, 0.3) is 0 Å². The molecule has 0 amide bonds. The zero-order chi connectivity index (χ0) is 11.1. The van der Waals surface area contributed by atoms with Gasteiger partial charge in [-0.2, -0.15) is 5.10 Å². The van der Waals surface area contributed by atoms with E-state index in [1.54, 1.807) is 0 Å². The predicted octanol–water partition coefficient (Wildman–Crippen LogP) is 2.25. The number of hydrogen-bond acceptors (Lipinski definition) is 2. The lowest BCUT2D eigenvalue weighted by Gasteiger charge is -2.31. The van der Waals surface area contributed by atoms with Gasteiger partial charge in [0.1, 0.15) is 0 Å². The summed E-state index contributed by atoms with van der Waals surface area (Å²) in [6, 6.07) is 0.149. The Morgan fingerprint density at radius 2 is 2.33 bits per heavy atom. The molecule has 1 aromatic heterocycles. The summed E-state index contributed by atoms with van der Waals surface area (Å²) in [7, 11) is 1.94. The van der Waals surface area contributed by atoms with Gasteiger partial charge in [-0.3, -0.25) is 4.68 Å². The molecule has 0 saturated heterocycles. The van der Waals surface area contributed by atoms with Crippen molar-refractivity contribution in [1.82, 2.24) is 9.78 Å². The van der Waals surface area contributed by atoms with E-state index in [4.69, 9.17) is 5.73 Å². The number of rotatable bonds is 2.